The third-order valence-electron chi connectivity index (χ3n) is 8.30. The summed E-state index contributed by atoms with van der Waals surface area (Å²) in [5.41, 5.74) is 4.86. The number of hydrogen-bond donors (Lipinski definition) is 1. The smallest absolute Gasteiger partial charge is 0.349 e. The fourth-order valence-corrected chi connectivity index (χ4v) is 11.6. The molecule has 6 rings (SSSR count). The highest BCUT2D eigenvalue weighted by Gasteiger charge is 2.79. The molecule has 2 aliphatic carbocycles. The van der Waals surface area contributed by atoms with E-state index in [1.807, 2.05) is 26.0 Å². The Hall–Kier alpha value is -2.78. The van der Waals surface area contributed by atoms with Crippen molar-refractivity contribution in [3.05, 3.63) is 83.4 Å². The fraction of sp³-hybridized carbons (Fsp3) is 0.448. The van der Waals surface area contributed by atoms with E-state index in [4.69, 9.17) is 19.6 Å². The van der Waals surface area contributed by atoms with E-state index in [1.54, 1.807) is 16.8 Å². The van der Waals surface area contributed by atoms with Crippen LogP contribution in [0, 0.1) is 5.92 Å². The zero-order chi connectivity index (χ0) is 26.2. The van der Waals surface area contributed by atoms with Crippen LogP contribution in [0.5, 0.6) is 0 Å². The van der Waals surface area contributed by atoms with Crippen molar-refractivity contribution in [3.8, 4) is 0 Å². The van der Waals surface area contributed by atoms with E-state index in [2.05, 4.69) is 74.3 Å². The van der Waals surface area contributed by atoms with Gasteiger partial charge in [-0.2, -0.15) is 4.98 Å². The Labute approximate surface area is 218 Å². The van der Waals surface area contributed by atoms with Gasteiger partial charge in [0, 0.05) is 12.1 Å². The molecular weight excluding hydrogens is 482 g/mol. The predicted molar refractivity (Wildman–Crippen MR) is 145 cm³/mol. The summed E-state index contributed by atoms with van der Waals surface area (Å²) < 4.78 is 22.4. The number of aromatic nitrogens is 2. The van der Waals surface area contributed by atoms with Crippen LogP contribution in [-0.2, 0) is 13.9 Å². The SMILES string of the molecule is CC1(C)O[C@H]2[C@H](n3ccc(N)nc3=O)[C@H]3C[C@@]3(O[Si](c3ccccc3)(c3ccccc3)C(C)(C)C)[C@H]2O1. The molecule has 1 aromatic heterocycles. The van der Waals surface area contributed by atoms with Crippen molar-refractivity contribution >= 4 is 24.5 Å². The average molecular weight is 518 g/mol. The number of anilines is 1. The molecule has 0 unspecified atom stereocenters. The van der Waals surface area contributed by atoms with Crippen LogP contribution in [0.2, 0.25) is 5.04 Å². The Kier molecular flexibility index (Phi) is 5.38. The van der Waals surface area contributed by atoms with Gasteiger partial charge in [-0.1, -0.05) is 81.4 Å². The standard InChI is InChI=1S/C29H35N3O4Si/c1-27(2,3)37(19-12-8-6-9-13-19,20-14-10-7-11-15-20)36-29-18-21(29)23(24-25(29)35-28(4,5)34-24)32-17-16-22(30)31-26(32)33/h6-17,21,23-25H,18H2,1-5H3,(H2,30,31,33)/t21-,23-,24+,25+,29+/m1/s1. The monoisotopic (exact) mass is 517 g/mol. The second-order valence-corrected chi connectivity index (χ2v) is 16.3. The Morgan fingerprint density at radius 1 is 1.00 bits per heavy atom. The average Bonchev–Trinajstić information content (AvgIpc) is 3.38. The lowest BCUT2D eigenvalue weighted by Gasteiger charge is -2.46. The van der Waals surface area contributed by atoms with Crippen LogP contribution in [0.4, 0.5) is 5.82 Å². The second kappa shape index (κ2) is 8.11. The molecule has 2 N–H and O–H groups in total. The predicted octanol–water partition coefficient (Wildman–Crippen LogP) is 3.24. The third kappa shape index (κ3) is 3.65. The molecule has 2 heterocycles. The van der Waals surface area contributed by atoms with Gasteiger partial charge < -0.3 is 19.6 Å². The van der Waals surface area contributed by atoms with E-state index in [-0.39, 0.29) is 40.7 Å². The molecule has 7 nitrogen and oxygen atoms in total. The first-order chi connectivity index (χ1) is 17.5. The minimum atomic E-state index is -2.86. The molecule has 8 heteroatoms. The van der Waals surface area contributed by atoms with Crippen LogP contribution in [0.1, 0.15) is 47.1 Å². The van der Waals surface area contributed by atoms with Gasteiger partial charge in [-0.25, -0.2) is 4.79 Å². The summed E-state index contributed by atoms with van der Waals surface area (Å²) in [6, 6.07) is 22.7. The number of nitrogens with two attached hydrogens (primary N) is 1. The van der Waals surface area contributed by atoms with Gasteiger partial charge in [0.2, 0.25) is 0 Å². The van der Waals surface area contributed by atoms with Crippen molar-refractivity contribution in [1.82, 2.24) is 9.55 Å². The zero-order valence-corrected chi connectivity index (χ0v) is 23.0. The molecule has 1 saturated heterocycles. The van der Waals surface area contributed by atoms with E-state index < -0.39 is 19.7 Å². The third-order valence-corrected chi connectivity index (χ3v) is 13.4. The van der Waals surface area contributed by atoms with Gasteiger partial charge in [-0.3, -0.25) is 4.57 Å². The van der Waals surface area contributed by atoms with Gasteiger partial charge in [0.05, 0.1) is 11.6 Å². The first-order valence-corrected chi connectivity index (χ1v) is 14.9. The molecule has 2 saturated carbocycles. The summed E-state index contributed by atoms with van der Waals surface area (Å²) in [5, 5.41) is 2.26. The minimum absolute atomic E-state index is 0.0587. The van der Waals surface area contributed by atoms with E-state index >= 15 is 0 Å². The Morgan fingerprint density at radius 2 is 1.59 bits per heavy atom. The molecular formula is C29H35N3O4Si. The summed E-state index contributed by atoms with van der Waals surface area (Å²) in [6.45, 7) is 10.7. The number of benzene rings is 2. The highest BCUT2D eigenvalue weighted by molar-refractivity contribution is 6.99. The molecule has 0 radical (unpaired) electrons. The van der Waals surface area contributed by atoms with Crippen LogP contribution in [-0.4, -0.2) is 41.5 Å². The lowest BCUT2D eigenvalue weighted by molar-refractivity contribution is -0.166. The van der Waals surface area contributed by atoms with Gasteiger partial charge in [0.1, 0.15) is 18.0 Å². The maximum absolute atomic E-state index is 13.0. The Morgan fingerprint density at radius 3 is 2.14 bits per heavy atom. The van der Waals surface area contributed by atoms with Crippen LogP contribution in [0.25, 0.3) is 0 Å². The number of hydrogen-bond acceptors (Lipinski definition) is 6. The van der Waals surface area contributed by atoms with E-state index in [0.29, 0.717) is 0 Å². The topological polar surface area (TPSA) is 88.6 Å². The molecule has 194 valence electrons. The highest BCUT2D eigenvalue weighted by atomic mass is 28.4. The molecule has 1 aliphatic heterocycles. The molecule has 3 fully saturated rings. The number of fused-ring (bicyclic) bond motifs is 3. The van der Waals surface area contributed by atoms with Crippen molar-refractivity contribution in [2.75, 3.05) is 5.73 Å². The first kappa shape index (κ1) is 24.5. The van der Waals surface area contributed by atoms with Crippen LogP contribution >= 0.6 is 0 Å². The van der Waals surface area contributed by atoms with Crippen LogP contribution < -0.4 is 21.8 Å². The summed E-state index contributed by atoms with van der Waals surface area (Å²) in [4.78, 5) is 17.0. The fourth-order valence-electron chi connectivity index (χ4n) is 6.78. The Balaban J connectivity index is 1.52. The zero-order valence-electron chi connectivity index (χ0n) is 22.0. The number of nitrogens with zero attached hydrogens (tertiary/aromatic N) is 2. The summed E-state index contributed by atoms with van der Waals surface area (Å²) >= 11 is 0. The normalized spacial score (nSPS) is 30.1. The van der Waals surface area contributed by atoms with Gasteiger partial charge in [0.15, 0.2) is 5.79 Å². The quantitative estimate of drug-likeness (QED) is 0.523. The molecule has 37 heavy (non-hydrogen) atoms. The molecule has 5 atom stereocenters. The van der Waals surface area contributed by atoms with Gasteiger partial charge in [-0.05, 0) is 41.7 Å². The molecule has 3 aliphatic rings. The lowest BCUT2D eigenvalue weighted by atomic mass is 10.1. The molecule has 2 aromatic carbocycles. The minimum Gasteiger partial charge on any atom is -0.399 e. The summed E-state index contributed by atoms with van der Waals surface area (Å²) in [7, 11) is -2.86. The number of ether oxygens (including phenoxy) is 2. The maximum atomic E-state index is 13.0. The summed E-state index contributed by atoms with van der Waals surface area (Å²) in [5.74, 6) is -0.512. The van der Waals surface area contributed by atoms with Crippen molar-refractivity contribution < 1.29 is 13.9 Å². The molecule has 0 bridgehead atoms. The maximum Gasteiger partial charge on any atom is 0.349 e. The first-order valence-electron chi connectivity index (χ1n) is 13.0. The highest BCUT2D eigenvalue weighted by Crippen LogP contribution is 2.68. The largest absolute Gasteiger partial charge is 0.399 e. The number of nitrogen functional groups attached to an aromatic ring is 1. The van der Waals surface area contributed by atoms with E-state index in [0.717, 1.165) is 6.42 Å². The van der Waals surface area contributed by atoms with Gasteiger partial charge >= 0.3 is 5.69 Å². The lowest BCUT2D eigenvalue weighted by Crippen LogP contribution is -2.69. The van der Waals surface area contributed by atoms with Crippen molar-refractivity contribution in [1.29, 1.82) is 0 Å². The molecule has 0 spiro atoms. The molecule has 0 amide bonds. The van der Waals surface area contributed by atoms with Crippen LogP contribution in [0.15, 0.2) is 77.7 Å². The van der Waals surface area contributed by atoms with Crippen LogP contribution in [0.3, 0.4) is 0 Å². The molecule has 3 aromatic rings. The van der Waals surface area contributed by atoms with Gasteiger partial charge in [0.25, 0.3) is 8.32 Å². The number of rotatable bonds is 5. The van der Waals surface area contributed by atoms with Gasteiger partial charge in [-0.15, -0.1) is 0 Å². The van der Waals surface area contributed by atoms with E-state index in [9.17, 15) is 4.79 Å². The van der Waals surface area contributed by atoms with Crippen molar-refractivity contribution in [2.24, 2.45) is 5.92 Å². The van der Waals surface area contributed by atoms with E-state index in [1.165, 1.54) is 10.4 Å². The van der Waals surface area contributed by atoms with Crippen molar-refractivity contribution in [2.45, 2.75) is 75.7 Å². The summed E-state index contributed by atoms with van der Waals surface area (Å²) in [6.07, 6.45) is 1.90. The second-order valence-electron chi connectivity index (χ2n) is 12.1. The van der Waals surface area contributed by atoms with Crippen molar-refractivity contribution in [3.63, 3.8) is 0 Å². The Bertz CT molecular complexity index is 1330.